The number of imidazole rings is 1. The molecule has 2 aliphatic rings. The lowest BCUT2D eigenvalue weighted by Gasteiger charge is -2.38. The topological polar surface area (TPSA) is 107 Å². The number of nitrogens with zero attached hydrogens (tertiary/aromatic N) is 4. The molecule has 0 radical (unpaired) electrons. The van der Waals surface area contributed by atoms with E-state index in [-0.39, 0.29) is 29.9 Å². The molecule has 2 aromatic rings. The van der Waals surface area contributed by atoms with Crippen molar-refractivity contribution < 1.29 is 32.7 Å². The maximum Gasteiger partial charge on any atom is 0.490 e. The molecule has 4 heterocycles. The highest BCUT2D eigenvalue weighted by atomic mass is 19.4. The summed E-state index contributed by atoms with van der Waals surface area (Å²) in [7, 11) is 0. The Hall–Kier alpha value is -3.15. The molecule has 1 unspecified atom stereocenters. The van der Waals surface area contributed by atoms with Gasteiger partial charge in [-0.25, -0.2) is 9.78 Å². The fraction of sp³-hybridized carbons (Fsp3) is 0.600. The van der Waals surface area contributed by atoms with Crippen LogP contribution >= 0.6 is 0 Å². The van der Waals surface area contributed by atoms with Crippen molar-refractivity contribution in [3.05, 3.63) is 35.8 Å². The van der Waals surface area contributed by atoms with Crippen molar-refractivity contribution >= 4 is 23.4 Å². The maximum absolute atomic E-state index is 12.6. The minimum Gasteiger partial charge on any atom is -0.475 e. The van der Waals surface area contributed by atoms with Gasteiger partial charge in [0.2, 0.25) is 11.8 Å². The zero-order chi connectivity index (χ0) is 27.4. The van der Waals surface area contributed by atoms with Crippen molar-refractivity contribution in [2.45, 2.75) is 77.2 Å². The number of alkyl halides is 3. The summed E-state index contributed by atoms with van der Waals surface area (Å²) < 4.78 is 33.9. The molecule has 1 spiro atoms. The molecule has 2 amide bonds. The van der Waals surface area contributed by atoms with Crippen LogP contribution in [0.2, 0.25) is 0 Å². The predicted octanol–water partition coefficient (Wildman–Crippen LogP) is 3.15. The summed E-state index contributed by atoms with van der Waals surface area (Å²) in [5.74, 6) is -2.69. The third-order valence-corrected chi connectivity index (χ3v) is 6.92. The molecule has 37 heavy (non-hydrogen) atoms. The first-order valence-electron chi connectivity index (χ1n) is 12.4. The van der Waals surface area contributed by atoms with Crippen LogP contribution in [-0.2, 0) is 20.9 Å². The number of pyridine rings is 1. The Morgan fingerprint density at radius 3 is 2.51 bits per heavy atom. The average molecular weight is 526 g/mol. The summed E-state index contributed by atoms with van der Waals surface area (Å²) in [6.45, 7) is 8.94. The van der Waals surface area contributed by atoms with E-state index >= 15 is 0 Å². The zero-order valence-electron chi connectivity index (χ0n) is 21.3. The molecule has 0 aromatic carbocycles. The van der Waals surface area contributed by atoms with Crippen LogP contribution in [0.5, 0.6) is 0 Å². The Morgan fingerprint density at radius 1 is 1.19 bits per heavy atom. The summed E-state index contributed by atoms with van der Waals surface area (Å²) in [6, 6.07) is 6.17. The number of carboxylic acids is 1. The van der Waals surface area contributed by atoms with Gasteiger partial charge in [0.05, 0.1) is 5.69 Å². The second kappa shape index (κ2) is 11.5. The van der Waals surface area contributed by atoms with E-state index in [9.17, 15) is 22.8 Å². The van der Waals surface area contributed by atoms with Crippen LogP contribution in [0.1, 0.15) is 57.3 Å². The minimum absolute atomic E-state index is 0.0546. The summed E-state index contributed by atoms with van der Waals surface area (Å²) in [5, 5.41) is 10.1. The zero-order valence-corrected chi connectivity index (χ0v) is 21.3. The fourth-order valence-electron chi connectivity index (χ4n) is 5.08. The minimum atomic E-state index is -5.08. The molecule has 4 rings (SSSR count). The number of rotatable bonds is 5. The third kappa shape index (κ3) is 7.00. The van der Waals surface area contributed by atoms with Crippen LogP contribution < -0.4 is 5.32 Å². The molecule has 204 valence electrons. The number of hydrogen-bond donors (Lipinski definition) is 2. The van der Waals surface area contributed by atoms with Crippen molar-refractivity contribution in [2.24, 2.45) is 0 Å². The van der Waals surface area contributed by atoms with Gasteiger partial charge in [0.15, 0.2) is 0 Å². The van der Waals surface area contributed by atoms with Crippen LogP contribution in [0, 0.1) is 6.92 Å². The Morgan fingerprint density at radius 2 is 1.89 bits per heavy atom. The van der Waals surface area contributed by atoms with Crippen molar-refractivity contribution in [3.63, 3.8) is 0 Å². The van der Waals surface area contributed by atoms with Gasteiger partial charge >= 0.3 is 12.1 Å². The molecule has 0 aliphatic carbocycles. The highest BCUT2D eigenvalue weighted by Crippen LogP contribution is 2.39. The number of carboxylic acid groups (broad SMARTS) is 1. The van der Waals surface area contributed by atoms with Gasteiger partial charge in [0.1, 0.15) is 12.2 Å². The number of aliphatic carboxylic acids is 1. The summed E-state index contributed by atoms with van der Waals surface area (Å²) in [6.07, 6.45) is 1.31. The van der Waals surface area contributed by atoms with Gasteiger partial charge in [0, 0.05) is 43.0 Å². The number of hydrogen-bond acceptors (Lipinski definition) is 5. The van der Waals surface area contributed by atoms with Crippen molar-refractivity contribution in [1.29, 1.82) is 0 Å². The van der Waals surface area contributed by atoms with Gasteiger partial charge in [0.25, 0.3) is 0 Å². The smallest absolute Gasteiger partial charge is 0.475 e. The number of amides is 2. The first-order valence-corrected chi connectivity index (χ1v) is 12.4. The quantitative estimate of drug-likeness (QED) is 0.621. The monoisotopic (exact) mass is 525 g/mol. The molecule has 2 N–H and O–H groups in total. The van der Waals surface area contributed by atoms with Gasteiger partial charge in [-0.15, -0.1) is 0 Å². The van der Waals surface area contributed by atoms with Crippen LogP contribution in [0.4, 0.5) is 13.2 Å². The van der Waals surface area contributed by atoms with Gasteiger partial charge in [-0.05, 0) is 65.1 Å². The predicted molar refractivity (Wildman–Crippen MR) is 130 cm³/mol. The number of aryl methyl sites for hydroxylation is 1. The summed E-state index contributed by atoms with van der Waals surface area (Å²) in [4.78, 5) is 43.0. The molecular weight excluding hydrogens is 491 g/mol. The summed E-state index contributed by atoms with van der Waals surface area (Å²) >= 11 is 0. The number of carbonyl (C=O) groups is 3. The van der Waals surface area contributed by atoms with E-state index in [0.717, 1.165) is 56.7 Å². The molecule has 9 nitrogen and oxygen atoms in total. The van der Waals surface area contributed by atoms with Gasteiger partial charge in [-0.2, -0.15) is 13.2 Å². The normalized spacial score (nSPS) is 20.7. The summed E-state index contributed by atoms with van der Waals surface area (Å²) in [5.41, 5.74) is 3.12. The van der Waals surface area contributed by atoms with Gasteiger partial charge in [-0.3, -0.25) is 14.5 Å². The number of likely N-dealkylation sites (tertiary alicyclic amines) is 2. The molecule has 0 saturated carbocycles. The number of aromatic nitrogens is 2. The van der Waals surface area contributed by atoms with E-state index in [0.29, 0.717) is 6.42 Å². The van der Waals surface area contributed by atoms with E-state index in [1.54, 1.807) is 0 Å². The van der Waals surface area contributed by atoms with Gasteiger partial charge in [-0.1, -0.05) is 6.07 Å². The molecule has 1 atom stereocenters. The van der Waals surface area contributed by atoms with E-state index in [4.69, 9.17) is 14.9 Å². The van der Waals surface area contributed by atoms with E-state index in [1.807, 2.05) is 36.9 Å². The van der Waals surface area contributed by atoms with Crippen molar-refractivity contribution in [3.8, 4) is 0 Å². The Labute approximate surface area is 213 Å². The molecule has 2 aromatic heterocycles. The highest BCUT2D eigenvalue weighted by Gasteiger charge is 2.46. The van der Waals surface area contributed by atoms with E-state index in [2.05, 4.69) is 27.7 Å². The second-order valence-electron chi connectivity index (χ2n) is 9.93. The molecule has 12 heteroatoms. The van der Waals surface area contributed by atoms with Crippen LogP contribution in [0.15, 0.2) is 24.4 Å². The molecular formula is C25H34F3N5O4. The average Bonchev–Trinajstić information content (AvgIpc) is 3.18. The second-order valence-corrected chi connectivity index (χ2v) is 9.93. The Kier molecular flexibility index (Phi) is 8.83. The van der Waals surface area contributed by atoms with Gasteiger partial charge < -0.3 is 19.7 Å². The van der Waals surface area contributed by atoms with E-state index in [1.165, 1.54) is 5.69 Å². The first-order chi connectivity index (χ1) is 17.3. The molecule has 2 aliphatic heterocycles. The van der Waals surface area contributed by atoms with Crippen molar-refractivity contribution in [2.75, 3.05) is 19.6 Å². The van der Waals surface area contributed by atoms with E-state index < -0.39 is 12.1 Å². The number of fused-ring (bicyclic) bond motifs is 1. The lowest BCUT2D eigenvalue weighted by atomic mass is 9.87. The first kappa shape index (κ1) is 28.4. The third-order valence-electron chi connectivity index (χ3n) is 6.92. The van der Waals surface area contributed by atoms with Crippen LogP contribution in [0.3, 0.4) is 0 Å². The Bertz CT molecular complexity index is 1130. The lowest BCUT2D eigenvalue weighted by Crippen LogP contribution is -2.51. The number of carbonyl (C=O) groups excluding carboxylic acids is 2. The van der Waals surface area contributed by atoms with Crippen molar-refractivity contribution in [1.82, 2.24) is 24.5 Å². The maximum atomic E-state index is 12.6. The molecule has 2 saturated heterocycles. The van der Waals surface area contributed by atoms with Crippen LogP contribution in [0.25, 0.3) is 5.65 Å². The highest BCUT2D eigenvalue weighted by molar-refractivity contribution is 5.87. The Balaban J connectivity index is 0.000000479. The largest absolute Gasteiger partial charge is 0.490 e. The fourth-order valence-corrected chi connectivity index (χ4v) is 5.08. The number of halogens is 3. The number of nitrogens with one attached hydrogen (secondary N) is 1. The molecule has 2 fully saturated rings. The standard InChI is InChI=1S/C23H33N5O2.C2HF3O2/c1-17(2)24-21(29)16-28-22(30)8-10-23(28)9-6-12-26(14-11-23)15-19-18(3)27-13-5-4-7-20(27)25-19;3-2(4,5)1(6)7/h4-5,7,13,17H,6,8-12,14-16H2,1-3H3,(H,24,29);(H,6,7). The lowest BCUT2D eigenvalue weighted by molar-refractivity contribution is -0.192. The van der Waals surface area contributed by atoms with Crippen LogP contribution in [-0.4, -0.2) is 79.5 Å². The molecule has 0 bridgehead atoms. The SMILES string of the molecule is Cc1c(CN2CCCC3(CCC(=O)N3CC(=O)NC(C)C)CC2)nc2ccccn12.O=C(O)C(F)(F)F.